The highest BCUT2D eigenvalue weighted by Gasteiger charge is 2.23. The number of fused-ring (bicyclic) bond motifs is 1. The second-order valence-corrected chi connectivity index (χ2v) is 5.77. The summed E-state index contributed by atoms with van der Waals surface area (Å²) in [6.45, 7) is 3.56. The second kappa shape index (κ2) is 5.76. The van der Waals surface area contributed by atoms with E-state index in [9.17, 15) is 0 Å². The molecule has 2 heterocycles. The first-order chi connectivity index (χ1) is 9.76. The Morgan fingerprint density at radius 1 is 1.40 bits per heavy atom. The minimum atomic E-state index is 0.141. The third kappa shape index (κ3) is 2.24. The van der Waals surface area contributed by atoms with Crippen molar-refractivity contribution in [2.75, 3.05) is 6.61 Å². The zero-order valence-corrected chi connectivity index (χ0v) is 12.6. The van der Waals surface area contributed by atoms with Crippen LogP contribution in [0.15, 0.2) is 18.2 Å². The lowest BCUT2D eigenvalue weighted by Gasteiger charge is -2.27. The molecule has 108 valence electrons. The predicted octanol–water partition coefficient (Wildman–Crippen LogP) is 4.01. The molecule has 0 spiro atoms. The molecule has 0 saturated carbocycles. The zero-order valence-electron chi connectivity index (χ0n) is 11.9. The summed E-state index contributed by atoms with van der Waals surface area (Å²) in [6, 6.07) is 6.06. The van der Waals surface area contributed by atoms with Crippen LogP contribution in [0.3, 0.4) is 0 Å². The van der Waals surface area contributed by atoms with Crippen LogP contribution in [0.2, 0.25) is 5.02 Å². The highest BCUT2D eigenvalue weighted by atomic mass is 35.5. The normalized spacial score (nSPS) is 19.6. The van der Waals surface area contributed by atoms with E-state index in [0.29, 0.717) is 6.54 Å². The van der Waals surface area contributed by atoms with E-state index in [-0.39, 0.29) is 6.23 Å². The van der Waals surface area contributed by atoms with Gasteiger partial charge < -0.3 is 15.0 Å². The molecule has 1 unspecified atom stereocenters. The van der Waals surface area contributed by atoms with E-state index in [2.05, 4.69) is 17.6 Å². The molecule has 1 aliphatic rings. The van der Waals surface area contributed by atoms with Crippen LogP contribution in [0, 0.1) is 0 Å². The number of benzene rings is 1. The maximum absolute atomic E-state index is 6.16. The maximum atomic E-state index is 6.16. The van der Waals surface area contributed by atoms with Gasteiger partial charge in [-0.25, -0.2) is 0 Å². The van der Waals surface area contributed by atoms with Gasteiger partial charge in [0, 0.05) is 29.3 Å². The van der Waals surface area contributed by atoms with Crippen LogP contribution in [-0.4, -0.2) is 11.2 Å². The van der Waals surface area contributed by atoms with Crippen molar-refractivity contribution in [3.05, 3.63) is 34.5 Å². The van der Waals surface area contributed by atoms with Gasteiger partial charge in [-0.05, 0) is 49.4 Å². The molecule has 3 nitrogen and oxygen atoms in total. The van der Waals surface area contributed by atoms with Crippen molar-refractivity contribution >= 4 is 22.5 Å². The lowest BCUT2D eigenvalue weighted by atomic mass is 10.1. The van der Waals surface area contributed by atoms with E-state index in [4.69, 9.17) is 22.1 Å². The van der Waals surface area contributed by atoms with Gasteiger partial charge in [0.15, 0.2) is 0 Å². The Morgan fingerprint density at radius 3 is 2.90 bits per heavy atom. The highest BCUT2D eigenvalue weighted by Crippen LogP contribution is 2.35. The number of halogens is 1. The van der Waals surface area contributed by atoms with Crippen LogP contribution in [0.5, 0.6) is 0 Å². The fraction of sp³-hybridized carbons (Fsp3) is 0.500. The SMILES string of the molecule is CCc1c(CN)c2cc(Cl)ccc2n1C1CCCCO1. The summed E-state index contributed by atoms with van der Waals surface area (Å²) in [7, 11) is 0. The van der Waals surface area contributed by atoms with E-state index >= 15 is 0 Å². The van der Waals surface area contributed by atoms with Gasteiger partial charge in [0.25, 0.3) is 0 Å². The molecule has 4 heteroatoms. The molecule has 1 atom stereocenters. The first-order valence-electron chi connectivity index (χ1n) is 7.39. The Bertz CT molecular complexity index is 614. The Hall–Kier alpha value is -1.03. The fourth-order valence-electron chi connectivity index (χ4n) is 3.27. The number of rotatable bonds is 3. The van der Waals surface area contributed by atoms with Gasteiger partial charge in [0.1, 0.15) is 6.23 Å². The van der Waals surface area contributed by atoms with Gasteiger partial charge in [0.2, 0.25) is 0 Å². The van der Waals surface area contributed by atoms with Crippen molar-refractivity contribution in [1.82, 2.24) is 4.57 Å². The summed E-state index contributed by atoms with van der Waals surface area (Å²) in [5.74, 6) is 0. The summed E-state index contributed by atoms with van der Waals surface area (Å²) in [4.78, 5) is 0. The Kier molecular flexibility index (Phi) is 4.01. The lowest BCUT2D eigenvalue weighted by Crippen LogP contribution is -2.20. The van der Waals surface area contributed by atoms with Crippen molar-refractivity contribution in [1.29, 1.82) is 0 Å². The minimum Gasteiger partial charge on any atom is -0.358 e. The van der Waals surface area contributed by atoms with Crippen LogP contribution in [0.4, 0.5) is 0 Å². The van der Waals surface area contributed by atoms with Crippen molar-refractivity contribution in [2.45, 2.75) is 45.4 Å². The summed E-state index contributed by atoms with van der Waals surface area (Å²) in [6.07, 6.45) is 4.55. The Morgan fingerprint density at radius 2 is 2.25 bits per heavy atom. The summed E-state index contributed by atoms with van der Waals surface area (Å²) >= 11 is 6.16. The summed E-state index contributed by atoms with van der Waals surface area (Å²) in [5, 5.41) is 1.93. The maximum Gasteiger partial charge on any atom is 0.134 e. The van der Waals surface area contributed by atoms with Crippen LogP contribution >= 0.6 is 11.6 Å². The molecule has 2 aromatic rings. The van der Waals surface area contributed by atoms with Gasteiger partial charge in [-0.15, -0.1) is 0 Å². The number of nitrogens with two attached hydrogens (primary N) is 1. The Labute approximate surface area is 124 Å². The smallest absolute Gasteiger partial charge is 0.134 e. The molecule has 1 saturated heterocycles. The van der Waals surface area contributed by atoms with Crippen LogP contribution in [-0.2, 0) is 17.7 Å². The lowest BCUT2D eigenvalue weighted by molar-refractivity contribution is -0.0306. The molecule has 1 aromatic heterocycles. The molecule has 3 rings (SSSR count). The molecular formula is C16H21ClN2O. The van der Waals surface area contributed by atoms with Crippen molar-refractivity contribution < 1.29 is 4.74 Å². The quantitative estimate of drug-likeness (QED) is 0.928. The standard InChI is InChI=1S/C16H21ClN2O/c1-2-14-13(10-18)12-9-11(17)6-7-15(12)19(14)16-5-3-4-8-20-16/h6-7,9,16H,2-5,8,10,18H2,1H3. The largest absolute Gasteiger partial charge is 0.358 e. The zero-order chi connectivity index (χ0) is 14.1. The third-order valence-corrected chi connectivity index (χ3v) is 4.40. The average molecular weight is 293 g/mol. The van der Waals surface area contributed by atoms with Crippen LogP contribution in [0.1, 0.15) is 43.7 Å². The van der Waals surface area contributed by atoms with Gasteiger partial charge in [-0.1, -0.05) is 18.5 Å². The molecule has 0 amide bonds. The number of nitrogens with zero attached hydrogens (tertiary/aromatic N) is 1. The van der Waals surface area contributed by atoms with Crippen molar-refractivity contribution in [3.63, 3.8) is 0 Å². The molecule has 0 bridgehead atoms. The molecule has 1 fully saturated rings. The van der Waals surface area contributed by atoms with Crippen LogP contribution in [0.25, 0.3) is 10.9 Å². The second-order valence-electron chi connectivity index (χ2n) is 5.34. The van der Waals surface area contributed by atoms with E-state index in [0.717, 1.165) is 30.9 Å². The topological polar surface area (TPSA) is 40.2 Å². The Balaban J connectivity index is 2.22. The number of ether oxygens (including phenoxy) is 1. The molecule has 0 radical (unpaired) electrons. The number of hydrogen-bond acceptors (Lipinski definition) is 2. The molecule has 20 heavy (non-hydrogen) atoms. The predicted molar refractivity (Wildman–Crippen MR) is 83.1 cm³/mol. The molecule has 0 aliphatic carbocycles. The number of aromatic nitrogens is 1. The fourth-order valence-corrected chi connectivity index (χ4v) is 3.45. The molecule has 1 aliphatic heterocycles. The molecule has 1 aromatic carbocycles. The van der Waals surface area contributed by atoms with Gasteiger partial charge in [-0.3, -0.25) is 0 Å². The monoisotopic (exact) mass is 292 g/mol. The van der Waals surface area contributed by atoms with Crippen LogP contribution < -0.4 is 5.73 Å². The van der Waals surface area contributed by atoms with Crippen molar-refractivity contribution in [3.8, 4) is 0 Å². The third-order valence-electron chi connectivity index (χ3n) is 4.17. The van der Waals surface area contributed by atoms with E-state index < -0.39 is 0 Å². The number of hydrogen-bond donors (Lipinski definition) is 1. The first-order valence-corrected chi connectivity index (χ1v) is 7.77. The summed E-state index contributed by atoms with van der Waals surface area (Å²) in [5.41, 5.74) is 9.68. The van der Waals surface area contributed by atoms with E-state index in [1.165, 1.54) is 28.6 Å². The van der Waals surface area contributed by atoms with Gasteiger partial charge in [0.05, 0.1) is 5.52 Å². The van der Waals surface area contributed by atoms with E-state index in [1.807, 2.05) is 12.1 Å². The highest BCUT2D eigenvalue weighted by molar-refractivity contribution is 6.31. The van der Waals surface area contributed by atoms with Gasteiger partial charge >= 0.3 is 0 Å². The molecule has 2 N–H and O–H groups in total. The minimum absolute atomic E-state index is 0.141. The van der Waals surface area contributed by atoms with E-state index in [1.54, 1.807) is 0 Å². The van der Waals surface area contributed by atoms with Gasteiger partial charge in [-0.2, -0.15) is 0 Å². The average Bonchev–Trinajstić information content (AvgIpc) is 2.80. The summed E-state index contributed by atoms with van der Waals surface area (Å²) < 4.78 is 8.33. The molecular weight excluding hydrogens is 272 g/mol. The first kappa shape index (κ1) is 13.9. The van der Waals surface area contributed by atoms with Crippen molar-refractivity contribution in [2.24, 2.45) is 5.73 Å².